The van der Waals surface area contributed by atoms with E-state index in [1.54, 1.807) is 0 Å². The van der Waals surface area contributed by atoms with Gasteiger partial charge in [0, 0.05) is 12.4 Å². The molecule has 1 N–H and O–H groups in total. The molecule has 0 spiro atoms. The topological polar surface area (TPSA) is 80.6 Å². The number of fused-ring (bicyclic) bond motifs is 1. The summed E-state index contributed by atoms with van der Waals surface area (Å²) in [6.07, 6.45) is -1.27. The Morgan fingerprint density at radius 3 is 2.48 bits per heavy atom. The zero-order valence-electron chi connectivity index (χ0n) is 11.1. The lowest BCUT2D eigenvalue weighted by Crippen LogP contribution is -2.30. The first-order chi connectivity index (χ1) is 10.8. The fraction of sp³-hybridized carbons (Fsp3) is 0.0769. The van der Waals surface area contributed by atoms with E-state index in [1.165, 1.54) is 12.4 Å². The van der Waals surface area contributed by atoms with Crippen molar-refractivity contribution in [2.24, 2.45) is 0 Å². The number of H-pyrrole nitrogens is 1. The van der Waals surface area contributed by atoms with E-state index in [2.05, 4.69) is 9.97 Å². The molecule has 0 atom stereocenters. The van der Waals surface area contributed by atoms with Crippen LogP contribution in [0.3, 0.4) is 0 Å². The summed E-state index contributed by atoms with van der Waals surface area (Å²) < 4.78 is 53.2. The molecule has 118 valence electrons. The lowest BCUT2D eigenvalue weighted by molar-refractivity contribution is -0.137. The molecule has 0 unspecified atom stereocenters. The van der Waals surface area contributed by atoms with Gasteiger partial charge in [-0.3, -0.25) is 14.8 Å². The number of rotatable bonds is 1. The minimum atomic E-state index is -4.85. The minimum Gasteiger partial charge on any atom is -0.273 e. The molecule has 0 amide bonds. The Balaban J connectivity index is 2.52. The van der Waals surface area contributed by atoms with E-state index in [0.717, 1.165) is 6.20 Å². The van der Waals surface area contributed by atoms with Crippen molar-refractivity contribution >= 4 is 10.9 Å². The number of alkyl halides is 3. The highest BCUT2D eigenvalue weighted by atomic mass is 19.4. The third-order valence-electron chi connectivity index (χ3n) is 3.07. The van der Waals surface area contributed by atoms with Gasteiger partial charge in [0.15, 0.2) is 5.82 Å². The summed E-state index contributed by atoms with van der Waals surface area (Å²) in [7, 11) is 0. The van der Waals surface area contributed by atoms with Crippen LogP contribution in [-0.2, 0) is 6.18 Å². The summed E-state index contributed by atoms with van der Waals surface area (Å²) >= 11 is 0. The first-order valence-electron chi connectivity index (χ1n) is 6.11. The summed E-state index contributed by atoms with van der Waals surface area (Å²) in [5.41, 5.74) is -4.06. The van der Waals surface area contributed by atoms with Gasteiger partial charge < -0.3 is 0 Å². The number of hydrogen-bond acceptors (Lipinski definition) is 4. The molecule has 3 aromatic rings. The minimum absolute atomic E-state index is 0.155. The quantitative estimate of drug-likeness (QED) is 0.689. The second-order valence-corrected chi connectivity index (χ2v) is 4.51. The Bertz CT molecular complexity index is 1010. The Labute approximate surface area is 124 Å². The van der Waals surface area contributed by atoms with E-state index in [1.807, 2.05) is 4.98 Å². The molecule has 2 heterocycles. The van der Waals surface area contributed by atoms with E-state index >= 15 is 0 Å². The number of aromatic nitrogens is 4. The van der Waals surface area contributed by atoms with Gasteiger partial charge in [-0.1, -0.05) is 0 Å². The van der Waals surface area contributed by atoms with Crippen molar-refractivity contribution < 1.29 is 17.6 Å². The Kier molecular flexibility index (Phi) is 3.24. The Morgan fingerprint density at radius 1 is 1.13 bits per heavy atom. The maximum absolute atomic E-state index is 14.0. The lowest BCUT2D eigenvalue weighted by Gasteiger charge is -2.12. The first-order valence-corrected chi connectivity index (χ1v) is 6.11. The van der Waals surface area contributed by atoms with Crippen LogP contribution in [0.5, 0.6) is 0 Å². The molecule has 0 saturated heterocycles. The zero-order valence-corrected chi connectivity index (χ0v) is 11.1. The molecule has 0 bridgehead atoms. The molecular weight excluding hydrogens is 320 g/mol. The summed E-state index contributed by atoms with van der Waals surface area (Å²) in [6, 6.07) is 0.715. The monoisotopic (exact) mass is 326 g/mol. The Hall–Kier alpha value is -3.04. The van der Waals surface area contributed by atoms with Crippen molar-refractivity contribution in [2.75, 3.05) is 0 Å². The van der Waals surface area contributed by atoms with Crippen LogP contribution < -0.4 is 11.2 Å². The summed E-state index contributed by atoms with van der Waals surface area (Å²) in [5, 5.41) is -0.678. The first kappa shape index (κ1) is 14.9. The van der Waals surface area contributed by atoms with Crippen molar-refractivity contribution in [3.8, 4) is 5.82 Å². The average molecular weight is 326 g/mol. The normalized spacial score (nSPS) is 11.8. The van der Waals surface area contributed by atoms with Crippen molar-refractivity contribution in [3.63, 3.8) is 0 Å². The second-order valence-electron chi connectivity index (χ2n) is 4.51. The van der Waals surface area contributed by atoms with Crippen LogP contribution in [0.2, 0.25) is 0 Å². The van der Waals surface area contributed by atoms with Crippen molar-refractivity contribution in [1.82, 2.24) is 19.5 Å². The van der Waals surface area contributed by atoms with E-state index in [-0.39, 0.29) is 11.9 Å². The molecule has 10 heteroatoms. The van der Waals surface area contributed by atoms with Gasteiger partial charge in [0.2, 0.25) is 0 Å². The van der Waals surface area contributed by atoms with Gasteiger partial charge >= 0.3 is 11.9 Å². The van der Waals surface area contributed by atoms with Gasteiger partial charge in [-0.2, -0.15) is 13.2 Å². The Morgan fingerprint density at radius 2 is 1.87 bits per heavy atom. The predicted octanol–water partition coefficient (Wildman–Crippen LogP) is 1.63. The number of benzene rings is 1. The van der Waals surface area contributed by atoms with Crippen LogP contribution in [0.15, 0.2) is 40.3 Å². The maximum atomic E-state index is 14.0. The molecule has 6 nitrogen and oxygen atoms in total. The van der Waals surface area contributed by atoms with Gasteiger partial charge in [-0.05, 0) is 12.1 Å². The number of nitrogens with one attached hydrogen (secondary N) is 1. The SMILES string of the molecule is O=c1[nH]c(=O)n(-c2cnccn2)c2cc(C(F)(F)F)cc(F)c12. The highest BCUT2D eigenvalue weighted by Crippen LogP contribution is 2.32. The molecule has 0 aliphatic heterocycles. The lowest BCUT2D eigenvalue weighted by atomic mass is 10.1. The molecule has 23 heavy (non-hydrogen) atoms. The van der Waals surface area contributed by atoms with Crippen LogP contribution in [0.4, 0.5) is 17.6 Å². The molecule has 0 radical (unpaired) electrons. The van der Waals surface area contributed by atoms with Gasteiger partial charge in [0.1, 0.15) is 5.82 Å². The number of nitrogens with zero attached hydrogens (tertiary/aromatic N) is 3. The predicted molar refractivity (Wildman–Crippen MR) is 70.7 cm³/mol. The molecule has 0 aliphatic carbocycles. The number of aromatic amines is 1. The largest absolute Gasteiger partial charge is 0.416 e. The molecule has 0 saturated carbocycles. The van der Waals surface area contributed by atoms with Crippen molar-refractivity contribution in [1.29, 1.82) is 0 Å². The second kappa shape index (κ2) is 5.00. The molecule has 3 rings (SSSR count). The highest BCUT2D eigenvalue weighted by Gasteiger charge is 2.32. The fourth-order valence-corrected chi connectivity index (χ4v) is 2.12. The third kappa shape index (κ3) is 2.47. The van der Waals surface area contributed by atoms with Gasteiger partial charge in [0.25, 0.3) is 5.56 Å². The number of halogens is 4. The van der Waals surface area contributed by atoms with Gasteiger partial charge in [-0.25, -0.2) is 18.7 Å². The van der Waals surface area contributed by atoms with Crippen LogP contribution in [0.25, 0.3) is 16.7 Å². The summed E-state index contributed by atoms with van der Waals surface area (Å²) in [5.74, 6) is -1.55. The van der Waals surface area contributed by atoms with Crippen molar-refractivity contribution in [2.45, 2.75) is 6.18 Å². The summed E-state index contributed by atoms with van der Waals surface area (Å²) in [4.78, 5) is 33.0. The smallest absolute Gasteiger partial charge is 0.273 e. The van der Waals surface area contributed by atoms with E-state index < -0.39 is 39.7 Å². The maximum Gasteiger partial charge on any atom is 0.416 e. The zero-order chi connectivity index (χ0) is 16.8. The van der Waals surface area contributed by atoms with Crippen LogP contribution in [-0.4, -0.2) is 19.5 Å². The van der Waals surface area contributed by atoms with E-state index in [9.17, 15) is 27.2 Å². The van der Waals surface area contributed by atoms with Crippen molar-refractivity contribution in [3.05, 3.63) is 62.9 Å². The highest BCUT2D eigenvalue weighted by molar-refractivity contribution is 5.80. The van der Waals surface area contributed by atoms with Gasteiger partial charge in [-0.15, -0.1) is 0 Å². The molecular formula is C13H6F4N4O2. The van der Waals surface area contributed by atoms with Crippen LogP contribution >= 0.6 is 0 Å². The van der Waals surface area contributed by atoms with Crippen LogP contribution in [0, 0.1) is 5.82 Å². The molecule has 0 aliphatic rings. The van der Waals surface area contributed by atoms with Crippen LogP contribution in [0.1, 0.15) is 5.56 Å². The molecule has 1 aromatic carbocycles. The molecule has 0 fully saturated rings. The summed E-state index contributed by atoms with van der Waals surface area (Å²) in [6.45, 7) is 0. The van der Waals surface area contributed by atoms with E-state index in [0.29, 0.717) is 10.6 Å². The standard InChI is InChI=1S/C13H6F4N4O2/c14-7-3-6(13(15,16)17)4-8-10(7)11(22)20-12(23)21(8)9-5-18-1-2-19-9/h1-5H,(H,20,22,23). The average Bonchev–Trinajstić information content (AvgIpc) is 2.46. The number of hydrogen-bond donors (Lipinski definition) is 1. The molecule has 2 aromatic heterocycles. The fourth-order valence-electron chi connectivity index (χ4n) is 2.12. The van der Waals surface area contributed by atoms with Gasteiger partial charge in [0.05, 0.1) is 22.7 Å². The van der Waals surface area contributed by atoms with E-state index in [4.69, 9.17) is 0 Å². The third-order valence-corrected chi connectivity index (χ3v) is 3.07.